The van der Waals surface area contributed by atoms with Crippen LogP contribution < -0.4 is 10.2 Å². The molecule has 5 heteroatoms. The van der Waals surface area contributed by atoms with Crippen LogP contribution in [0.15, 0.2) is 36.4 Å². The number of aromatic nitrogens is 2. The third kappa shape index (κ3) is 3.91. The maximum Gasteiger partial charge on any atom is 0.270 e. The summed E-state index contributed by atoms with van der Waals surface area (Å²) in [6.07, 6.45) is 5.77. The van der Waals surface area contributed by atoms with E-state index in [1.165, 1.54) is 19.3 Å². The van der Waals surface area contributed by atoms with E-state index in [0.717, 1.165) is 24.3 Å². The molecule has 0 unspecified atom stereocenters. The summed E-state index contributed by atoms with van der Waals surface area (Å²) in [6.45, 7) is 1.82. The van der Waals surface area contributed by atoms with Gasteiger partial charge < -0.3 is 10.2 Å². The Hall–Kier alpha value is -2.43. The average molecular weight is 324 g/mol. The zero-order valence-corrected chi connectivity index (χ0v) is 14.3. The van der Waals surface area contributed by atoms with Crippen molar-refractivity contribution in [2.24, 2.45) is 0 Å². The van der Waals surface area contributed by atoms with E-state index in [0.29, 0.717) is 11.5 Å². The molecule has 0 atom stereocenters. The lowest BCUT2D eigenvalue weighted by atomic mass is 9.95. The van der Waals surface area contributed by atoms with Crippen molar-refractivity contribution in [3.8, 4) is 0 Å². The summed E-state index contributed by atoms with van der Waals surface area (Å²) < 4.78 is 0. The van der Waals surface area contributed by atoms with Crippen molar-refractivity contribution in [1.29, 1.82) is 0 Å². The zero-order valence-electron chi connectivity index (χ0n) is 14.3. The van der Waals surface area contributed by atoms with Crippen molar-refractivity contribution in [1.82, 2.24) is 15.3 Å². The van der Waals surface area contributed by atoms with Crippen LogP contribution in [0.25, 0.3) is 0 Å². The minimum absolute atomic E-state index is 0.102. The fraction of sp³-hybridized carbons (Fsp3) is 0.421. The van der Waals surface area contributed by atoms with Gasteiger partial charge in [-0.15, -0.1) is 0 Å². The molecule has 0 bridgehead atoms. The number of amides is 1. The first-order valence-corrected chi connectivity index (χ1v) is 8.59. The number of rotatable bonds is 4. The van der Waals surface area contributed by atoms with Gasteiger partial charge in [0.15, 0.2) is 0 Å². The summed E-state index contributed by atoms with van der Waals surface area (Å²) in [6, 6.07) is 12.0. The summed E-state index contributed by atoms with van der Waals surface area (Å²) in [7, 11) is 1.94. The van der Waals surface area contributed by atoms with Crippen molar-refractivity contribution in [2.75, 3.05) is 11.9 Å². The molecule has 3 rings (SSSR count). The Morgan fingerprint density at radius 3 is 2.54 bits per heavy atom. The molecule has 1 aliphatic rings. The number of hydrogen-bond donors (Lipinski definition) is 1. The number of hydrogen-bond acceptors (Lipinski definition) is 4. The van der Waals surface area contributed by atoms with E-state index in [-0.39, 0.29) is 11.9 Å². The number of aryl methyl sites for hydroxylation is 1. The van der Waals surface area contributed by atoms with Crippen molar-refractivity contribution in [2.45, 2.75) is 45.1 Å². The number of carbonyl (C=O) groups excluding carboxylic acids is 1. The van der Waals surface area contributed by atoms with Gasteiger partial charge in [0.1, 0.15) is 17.3 Å². The summed E-state index contributed by atoms with van der Waals surface area (Å²) in [5.41, 5.74) is 1.46. The van der Waals surface area contributed by atoms with Gasteiger partial charge in [0.2, 0.25) is 0 Å². The Bertz CT molecular complexity index is 696. The van der Waals surface area contributed by atoms with Crippen LogP contribution in [0.4, 0.5) is 11.5 Å². The first-order valence-electron chi connectivity index (χ1n) is 8.59. The molecule has 1 aliphatic carbocycles. The molecule has 1 saturated carbocycles. The maximum atomic E-state index is 12.6. The molecular formula is C19H24N4O. The molecule has 1 aromatic carbocycles. The summed E-state index contributed by atoms with van der Waals surface area (Å²) >= 11 is 0. The van der Waals surface area contributed by atoms with Crippen LogP contribution in [-0.4, -0.2) is 29.0 Å². The van der Waals surface area contributed by atoms with Crippen LogP contribution in [0.1, 0.15) is 48.4 Å². The first-order chi connectivity index (χ1) is 11.6. The number of anilines is 2. The first kappa shape index (κ1) is 16.4. The van der Waals surface area contributed by atoms with Gasteiger partial charge in [0.25, 0.3) is 5.91 Å². The fourth-order valence-corrected chi connectivity index (χ4v) is 3.13. The lowest BCUT2D eigenvalue weighted by molar-refractivity contribution is 0.0922. The van der Waals surface area contributed by atoms with E-state index in [4.69, 9.17) is 0 Å². The lowest BCUT2D eigenvalue weighted by Gasteiger charge is -2.23. The van der Waals surface area contributed by atoms with Crippen LogP contribution >= 0.6 is 0 Å². The zero-order chi connectivity index (χ0) is 16.9. The van der Waals surface area contributed by atoms with Gasteiger partial charge in [-0.3, -0.25) is 4.79 Å². The molecule has 126 valence electrons. The smallest absolute Gasteiger partial charge is 0.270 e. The highest BCUT2D eigenvalue weighted by atomic mass is 16.1. The number of benzene rings is 1. The number of nitrogens with one attached hydrogen (secondary N) is 1. The predicted octanol–water partition coefficient (Wildman–Crippen LogP) is 3.62. The number of para-hydroxylation sites is 1. The van der Waals surface area contributed by atoms with Gasteiger partial charge in [-0.25, -0.2) is 9.97 Å². The molecule has 1 fully saturated rings. The second-order valence-corrected chi connectivity index (χ2v) is 6.36. The molecule has 0 spiro atoms. The Kier molecular flexibility index (Phi) is 5.08. The maximum absolute atomic E-state index is 12.6. The standard InChI is InChI=1S/C19H24N4O/c1-14-20-17(19(24)22-15-9-5-3-6-10-15)13-18(21-14)23(2)16-11-7-4-8-12-16/h4,7-8,11-13,15H,3,5-6,9-10H2,1-2H3,(H,22,24). The quantitative estimate of drug-likeness (QED) is 0.933. The van der Waals surface area contributed by atoms with Crippen molar-refractivity contribution >= 4 is 17.4 Å². The van der Waals surface area contributed by atoms with Crippen molar-refractivity contribution in [3.05, 3.63) is 47.9 Å². The van der Waals surface area contributed by atoms with Crippen LogP contribution in [0, 0.1) is 6.92 Å². The molecule has 24 heavy (non-hydrogen) atoms. The molecule has 0 radical (unpaired) electrons. The fourth-order valence-electron chi connectivity index (χ4n) is 3.13. The van der Waals surface area contributed by atoms with Gasteiger partial charge in [-0.05, 0) is 31.9 Å². The van der Waals surface area contributed by atoms with Gasteiger partial charge in [0.05, 0.1) is 0 Å². The SMILES string of the molecule is Cc1nc(C(=O)NC2CCCCC2)cc(N(C)c2ccccc2)n1. The van der Waals surface area contributed by atoms with Crippen LogP contribution in [0.5, 0.6) is 0 Å². The molecule has 2 aromatic rings. The molecule has 1 N–H and O–H groups in total. The van der Waals surface area contributed by atoms with Gasteiger partial charge in [0, 0.05) is 24.8 Å². The third-order valence-corrected chi connectivity index (χ3v) is 4.48. The van der Waals surface area contributed by atoms with E-state index in [1.54, 1.807) is 6.07 Å². The average Bonchev–Trinajstić information content (AvgIpc) is 2.62. The van der Waals surface area contributed by atoms with Gasteiger partial charge in [-0.2, -0.15) is 0 Å². The molecule has 0 saturated heterocycles. The van der Waals surface area contributed by atoms with Crippen LogP contribution in [0.2, 0.25) is 0 Å². The highest BCUT2D eigenvalue weighted by Gasteiger charge is 2.19. The molecule has 0 aliphatic heterocycles. The number of nitrogens with zero attached hydrogens (tertiary/aromatic N) is 3. The van der Waals surface area contributed by atoms with Gasteiger partial charge >= 0.3 is 0 Å². The van der Waals surface area contributed by atoms with E-state index in [2.05, 4.69) is 15.3 Å². The summed E-state index contributed by atoms with van der Waals surface area (Å²) in [4.78, 5) is 23.3. The Labute approximate surface area is 143 Å². The Morgan fingerprint density at radius 2 is 1.83 bits per heavy atom. The van der Waals surface area contributed by atoms with E-state index in [9.17, 15) is 4.79 Å². The highest BCUT2D eigenvalue weighted by Crippen LogP contribution is 2.22. The van der Waals surface area contributed by atoms with E-state index in [1.807, 2.05) is 49.2 Å². The predicted molar refractivity (Wildman–Crippen MR) is 95.6 cm³/mol. The van der Waals surface area contributed by atoms with Gasteiger partial charge in [-0.1, -0.05) is 37.5 Å². The largest absolute Gasteiger partial charge is 0.348 e. The molecule has 1 amide bonds. The highest BCUT2D eigenvalue weighted by molar-refractivity contribution is 5.93. The lowest BCUT2D eigenvalue weighted by Crippen LogP contribution is -2.36. The minimum Gasteiger partial charge on any atom is -0.348 e. The molecule has 1 aromatic heterocycles. The monoisotopic (exact) mass is 324 g/mol. The second-order valence-electron chi connectivity index (χ2n) is 6.36. The molecular weight excluding hydrogens is 300 g/mol. The van der Waals surface area contributed by atoms with Crippen molar-refractivity contribution < 1.29 is 4.79 Å². The third-order valence-electron chi connectivity index (χ3n) is 4.48. The minimum atomic E-state index is -0.102. The van der Waals surface area contributed by atoms with E-state index >= 15 is 0 Å². The summed E-state index contributed by atoms with van der Waals surface area (Å²) in [5.74, 6) is 1.22. The normalized spacial score (nSPS) is 15.1. The molecule has 5 nitrogen and oxygen atoms in total. The molecule has 1 heterocycles. The summed E-state index contributed by atoms with van der Waals surface area (Å²) in [5, 5.41) is 3.12. The Balaban J connectivity index is 1.79. The Morgan fingerprint density at radius 1 is 1.12 bits per heavy atom. The topological polar surface area (TPSA) is 58.1 Å². The van der Waals surface area contributed by atoms with E-state index < -0.39 is 0 Å². The van der Waals surface area contributed by atoms with Crippen LogP contribution in [-0.2, 0) is 0 Å². The van der Waals surface area contributed by atoms with Crippen LogP contribution in [0.3, 0.4) is 0 Å². The number of carbonyl (C=O) groups is 1. The van der Waals surface area contributed by atoms with Crippen molar-refractivity contribution in [3.63, 3.8) is 0 Å². The second kappa shape index (κ2) is 7.43.